The average Bonchev–Trinajstić information content (AvgIpc) is 3.48. The van der Waals surface area contributed by atoms with Gasteiger partial charge < -0.3 is 13.9 Å². The summed E-state index contributed by atoms with van der Waals surface area (Å²) in [5, 5.41) is 4.15. The van der Waals surface area contributed by atoms with Gasteiger partial charge in [0.1, 0.15) is 24.3 Å². The van der Waals surface area contributed by atoms with Crippen molar-refractivity contribution < 1.29 is 27.1 Å². The third-order valence-electron chi connectivity index (χ3n) is 5.61. The van der Waals surface area contributed by atoms with Gasteiger partial charge in [0.15, 0.2) is 0 Å². The largest absolute Gasteiger partial charge is 0.487 e. The predicted octanol–water partition coefficient (Wildman–Crippen LogP) is 6.24. The molecule has 4 rings (SSSR count). The monoisotopic (exact) mass is 497 g/mol. The zero-order valence-electron chi connectivity index (χ0n) is 20.0. The molecule has 2 aromatic carbocycles. The van der Waals surface area contributed by atoms with Crippen LogP contribution in [0.4, 0.5) is 13.2 Å². The lowest BCUT2D eigenvalue weighted by Gasteiger charge is -2.10. The zero-order valence-corrected chi connectivity index (χ0v) is 20.0. The van der Waals surface area contributed by atoms with Gasteiger partial charge in [-0.2, -0.15) is 18.3 Å². The van der Waals surface area contributed by atoms with Crippen LogP contribution in [0, 0.1) is 6.92 Å². The number of oxazole rings is 1. The lowest BCUT2D eigenvalue weighted by atomic mass is 10.1. The first-order valence-corrected chi connectivity index (χ1v) is 11.3. The summed E-state index contributed by atoms with van der Waals surface area (Å²) in [6.45, 7) is 3.35. The second kappa shape index (κ2) is 11.3. The lowest BCUT2D eigenvalue weighted by Crippen LogP contribution is -2.05. The van der Waals surface area contributed by atoms with Gasteiger partial charge in [-0.3, -0.25) is 4.68 Å². The fourth-order valence-corrected chi connectivity index (χ4v) is 3.50. The van der Waals surface area contributed by atoms with Crippen molar-refractivity contribution in [1.29, 1.82) is 0 Å². The van der Waals surface area contributed by atoms with E-state index >= 15 is 0 Å². The molecule has 0 spiro atoms. The van der Waals surface area contributed by atoms with Gasteiger partial charge in [-0.25, -0.2) is 4.98 Å². The molecule has 0 aliphatic rings. The van der Waals surface area contributed by atoms with Gasteiger partial charge in [-0.1, -0.05) is 18.2 Å². The highest BCUT2D eigenvalue weighted by Crippen LogP contribution is 2.29. The van der Waals surface area contributed by atoms with Crippen LogP contribution in [-0.4, -0.2) is 21.4 Å². The highest BCUT2D eigenvalue weighted by atomic mass is 19.4. The zero-order chi connectivity index (χ0) is 25.5. The molecule has 2 aromatic heterocycles. The molecule has 0 aliphatic heterocycles. The molecule has 0 atom stereocenters. The van der Waals surface area contributed by atoms with Gasteiger partial charge >= 0.3 is 6.18 Å². The Morgan fingerprint density at radius 2 is 1.83 bits per heavy atom. The van der Waals surface area contributed by atoms with Crippen LogP contribution in [0.15, 0.2) is 65.4 Å². The molecule has 0 saturated carbocycles. The molecule has 9 heteroatoms. The van der Waals surface area contributed by atoms with E-state index in [9.17, 15) is 13.2 Å². The van der Waals surface area contributed by atoms with E-state index < -0.39 is 11.7 Å². The van der Waals surface area contributed by atoms with Gasteiger partial charge in [0, 0.05) is 31.4 Å². The Labute approximate surface area is 207 Å². The number of rotatable bonds is 10. The van der Waals surface area contributed by atoms with Crippen LogP contribution < -0.4 is 4.74 Å². The first-order valence-electron chi connectivity index (χ1n) is 11.3. The van der Waals surface area contributed by atoms with Crippen LogP contribution in [0.25, 0.3) is 12.2 Å². The summed E-state index contributed by atoms with van der Waals surface area (Å²) in [6, 6.07) is 12.7. The van der Waals surface area contributed by atoms with Crippen molar-refractivity contribution in [2.24, 2.45) is 7.05 Å². The van der Waals surface area contributed by atoms with E-state index in [2.05, 4.69) is 10.1 Å². The maximum Gasteiger partial charge on any atom is 0.416 e. The minimum absolute atomic E-state index is 0.220. The second-order valence-corrected chi connectivity index (χ2v) is 8.26. The van der Waals surface area contributed by atoms with Crippen LogP contribution >= 0.6 is 0 Å². The van der Waals surface area contributed by atoms with E-state index in [0.29, 0.717) is 36.1 Å². The molecule has 0 amide bonds. The molecule has 0 fully saturated rings. The maximum absolute atomic E-state index is 12.7. The number of alkyl halides is 3. The normalized spacial score (nSPS) is 11.9. The van der Waals surface area contributed by atoms with Crippen LogP contribution in [0.2, 0.25) is 0 Å². The Balaban J connectivity index is 1.24. The Bertz CT molecular complexity index is 1310. The maximum atomic E-state index is 12.7. The minimum Gasteiger partial charge on any atom is -0.487 e. The van der Waals surface area contributed by atoms with Crippen LogP contribution in [-0.2, 0) is 37.6 Å². The van der Waals surface area contributed by atoms with Crippen molar-refractivity contribution in [2.45, 2.75) is 32.7 Å². The van der Waals surface area contributed by atoms with E-state index in [4.69, 9.17) is 13.9 Å². The van der Waals surface area contributed by atoms with Gasteiger partial charge in [0.2, 0.25) is 5.89 Å². The smallest absolute Gasteiger partial charge is 0.416 e. The fraction of sp³-hybridized carbons (Fsp3) is 0.259. The lowest BCUT2D eigenvalue weighted by molar-refractivity contribution is -0.137. The van der Waals surface area contributed by atoms with Gasteiger partial charge in [-0.05, 0) is 60.0 Å². The van der Waals surface area contributed by atoms with Crippen molar-refractivity contribution in [2.75, 3.05) is 6.61 Å². The van der Waals surface area contributed by atoms with Crippen molar-refractivity contribution in [3.8, 4) is 5.75 Å². The highest BCUT2D eigenvalue weighted by Gasteiger charge is 2.29. The van der Waals surface area contributed by atoms with E-state index in [-0.39, 0.29) is 6.61 Å². The summed E-state index contributed by atoms with van der Waals surface area (Å²) in [5.74, 6) is 1.04. The molecule has 0 bridgehead atoms. The number of nitrogens with zero attached hydrogens (tertiary/aromatic N) is 3. The number of hydrogen-bond donors (Lipinski definition) is 0. The van der Waals surface area contributed by atoms with E-state index in [1.54, 1.807) is 18.3 Å². The molecule has 0 saturated heterocycles. The third-order valence-corrected chi connectivity index (χ3v) is 5.61. The highest BCUT2D eigenvalue weighted by molar-refractivity contribution is 5.66. The van der Waals surface area contributed by atoms with E-state index in [1.165, 1.54) is 18.4 Å². The standard InChI is InChI=1S/C27H26F3N3O3/c1-19-15-25(9-6-21(19)16-34-14-12-24-11-13-31-33(24)2)35-17-23-18-36-26(32-23)10-5-20-3-7-22(8-4-20)27(28,29)30/h3-11,13,15,18H,12,14,16-17H2,1-2H3/b10-5+. The van der Waals surface area contributed by atoms with Crippen LogP contribution in [0.1, 0.15) is 39.5 Å². The quantitative estimate of drug-likeness (QED) is 0.243. The molecule has 4 aromatic rings. The Kier molecular flexibility index (Phi) is 7.90. The molecule has 36 heavy (non-hydrogen) atoms. The van der Waals surface area contributed by atoms with Crippen molar-refractivity contribution in [1.82, 2.24) is 14.8 Å². The second-order valence-electron chi connectivity index (χ2n) is 8.26. The van der Waals surface area contributed by atoms with Gasteiger partial charge in [0.05, 0.1) is 18.8 Å². The topological polar surface area (TPSA) is 62.3 Å². The number of halogens is 3. The predicted molar refractivity (Wildman–Crippen MR) is 129 cm³/mol. The van der Waals surface area contributed by atoms with Crippen molar-refractivity contribution in [3.63, 3.8) is 0 Å². The Hall–Kier alpha value is -3.85. The van der Waals surface area contributed by atoms with Gasteiger partial charge in [0.25, 0.3) is 0 Å². The molecule has 0 unspecified atom stereocenters. The SMILES string of the molecule is Cc1cc(OCc2coc(/C=C/c3ccc(C(F)(F)F)cc3)n2)ccc1COCCc1ccnn1C. The molecule has 0 radical (unpaired) electrons. The first kappa shape index (κ1) is 25.2. The third kappa shape index (κ3) is 6.85. The fourth-order valence-electron chi connectivity index (χ4n) is 3.50. The first-order chi connectivity index (χ1) is 17.3. The molecule has 2 heterocycles. The number of aromatic nitrogens is 3. The minimum atomic E-state index is -4.35. The van der Waals surface area contributed by atoms with Crippen LogP contribution in [0.5, 0.6) is 5.75 Å². The summed E-state index contributed by atoms with van der Waals surface area (Å²) in [4.78, 5) is 4.33. The molecule has 0 aliphatic carbocycles. The number of ether oxygens (including phenoxy) is 2. The summed E-state index contributed by atoms with van der Waals surface area (Å²) in [7, 11) is 1.91. The van der Waals surface area contributed by atoms with Crippen molar-refractivity contribution >= 4 is 12.2 Å². The number of aryl methyl sites for hydroxylation is 2. The average molecular weight is 498 g/mol. The molecule has 188 valence electrons. The molecule has 0 N–H and O–H groups in total. The number of benzene rings is 2. The summed E-state index contributed by atoms with van der Waals surface area (Å²) in [5.41, 5.74) is 3.80. The molecular weight excluding hydrogens is 471 g/mol. The molecular formula is C27H26F3N3O3. The Morgan fingerprint density at radius 1 is 1.03 bits per heavy atom. The van der Waals surface area contributed by atoms with E-state index in [1.807, 2.05) is 42.9 Å². The molecule has 6 nitrogen and oxygen atoms in total. The Morgan fingerprint density at radius 3 is 2.53 bits per heavy atom. The van der Waals surface area contributed by atoms with Crippen LogP contribution in [0.3, 0.4) is 0 Å². The van der Waals surface area contributed by atoms with E-state index in [0.717, 1.165) is 35.4 Å². The summed E-state index contributed by atoms with van der Waals surface area (Å²) in [6.07, 6.45) is 2.95. The van der Waals surface area contributed by atoms with Crippen molar-refractivity contribution in [3.05, 3.63) is 101 Å². The number of hydrogen-bond acceptors (Lipinski definition) is 5. The summed E-state index contributed by atoms with van der Waals surface area (Å²) >= 11 is 0. The van der Waals surface area contributed by atoms with Gasteiger partial charge in [-0.15, -0.1) is 0 Å². The summed E-state index contributed by atoms with van der Waals surface area (Å²) < 4.78 is 56.9.